The van der Waals surface area contributed by atoms with Crippen molar-refractivity contribution in [3.8, 4) is 0 Å². The molecule has 1 aromatic carbocycles. The molecule has 0 atom stereocenters. The van der Waals surface area contributed by atoms with Gasteiger partial charge in [0.15, 0.2) is 5.69 Å². The first-order valence-electron chi connectivity index (χ1n) is 9.63. The van der Waals surface area contributed by atoms with Gasteiger partial charge in [-0.3, -0.25) is 14.0 Å². The minimum absolute atomic E-state index is 0.00876. The second kappa shape index (κ2) is 8.69. The van der Waals surface area contributed by atoms with Crippen LogP contribution in [0.4, 0.5) is 0 Å². The van der Waals surface area contributed by atoms with Gasteiger partial charge in [0.25, 0.3) is 11.8 Å². The van der Waals surface area contributed by atoms with Crippen molar-refractivity contribution in [3.63, 3.8) is 0 Å². The van der Waals surface area contributed by atoms with Gasteiger partial charge in [-0.15, -0.1) is 0 Å². The van der Waals surface area contributed by atoms with Crippen LogP contribution in [0.2, 0.25) is 0 Å². The molecule has 0 aliphatic carbocycles. The second-order valence-corrected chi connectivity index (χ2v) is 7.01. The maximum atomic E-state index is 13.4. The summed E-state index contributed by atoms with van der Waals surface area (Å²) in [4.78, 5) is 32.1. The van der Waals surface area contributed by atoms with Crippen molar-refractivity contribution in [2.75, 3.05) is 6.54 Å². The van der Waals surface area contributed by atoms with E-state index in [0.29, 0.717) is 24.3 Å². The number of amides is 2. The zero-order chi connectivity index (χ0) is 20.1. The summed E-state index contributed by atoms with van der Waals surface area (Å²) >= 11 is 0. The summed E-state index contributed by atoms with van der Waals surface area (Å²) in [6.45, 7) is 7.00. The molecule has 0 radical (unpaired) electrons. The number of benzene rings is 1. The Morgan fingerprint density at radius 1 is 1.11 bits per heavy atom. The number of aromatic nitrogens is 2. The predicted octanol–water partition coefficient (Wildman–Crippen LogP) is 3.52. The van der Waals surface area contributed by atoms with E-state index in [-0.39, 0.29) is 23.7 Å². The lowest BCUT2D eigenvalue weighted by molar-refractivity contribution is 0.0687. The van der Waals surface area contributed by atoms with Crippen LogP contribution in [-0.2, 0) is 6.54 Å². The van der Waals surface area contributed by atoms with Gasteiger partial charge >= 0.3 is 0 Å². The molecule has 6 nitrogen and oxygen atoms in total. The van der Waals surface area contributed by atoms with E-state index in [9.17, 15) is 9.59 Å². The van der Waals surface area contributed by atoms with Crippen LogP contribution >= 0.6 is 0 Å². The Balaban J connectivity index is 1.99. The molecule has 0 saturated heterocycles. The number of nitrogens with one attached hydrogen (secondary N) is 1. The Hall–Kier alpha value is -3.15. The van der Waals surface area contributed by atoms with Gasteiger partial charge < -0.3 is 10.2 Å². The number of imidazole rings is 1. The van der Waals surface area contributed by atoms with Crippen LogP contribution in [0, 0.1) is 0 Å². The molecule has 0 bridgehead atoms. The molecule has 28 heavy (non-hydrogen) atoms. The number of carbonyl (C=O) groups excluding carboxylic acids is 2. The van der Waals surface area contributed by atoms with E-state index in [0.717, 1.165) is 12.0 Å². The first-order chi connectivity index (χ1) is 13.5. The van der Waals surface area contributed by atoms with Gasteiger partial charge in [0.05, 0.1) is 5.52 Å². The molecule has 0 saturated carbocycles. The van der Waals surface area contributed by atoms with Crippen LogP contribution in [0.15, 0.2) is 54.7 Å². The smallest absolute Gasteiger partial charge is 0.287 e. The van der Waals surface area contributed by atoms with E-state index in [1.54, 1.807) is 15.5 Å². The molecule has 0 unspecified atom stereocenters. The molecule has 2 heterocycles. The molecule has 3 rings (SSSR count). The first kappa shape index (κ1) is 19.6. The molecule has 6 heteroatoms. The number of nitrogens with zero attached hydrogens (tertiary/aromatic N) is 3. The van der Waals surface area contributed by atoms with Gasteiger partial charge in [-0.1, -0.05) is 43.3 Å². The molecule has 0 spiro atoms. The van der Waals surface area contributed by atoms with E-state index in [1.165, 1.54) is 0 Å². The van der Waals surface area contributed by atoms with Crippen LogP contribution < -0.4 is 5.32 Å². The van der Waals surface area contributed by atoms with Crippen molar-refractivity contribution in [3.05, 3.63) is 71.8 Å². The summed E-state index contributed by atoms with van der Waals surface area (Å²) in [5.74, 6) is -0.228. The molecule has 0 aliphatic rings. The highest BCUT2D eigenvalue weighted by Crippen LogP contribution is 2.19. The van der Waals surface area contributed by atoms with E-state index in [1.807, 2.05) is 69.3 Å². The summed E-state index contributed by atoms with van der Waals surface area (Å²) in [6, 6.07) is 15.3. The summed E-state index contributed by atoms with van der Waals surface area (Å²) in [5, 5.41) is 2.84. The number of hydrogen-bond acceptors (Lipinski definition) is 3. The maximum absolute atomic E-state index is 13.4. The quantitative estimate of drug-likeness (QED) is 0.684. The van der Waals surface area contributed by atoms with Gasteiger partial charge in [0, 0.05) is 25.3 Å². The second-order valence-electron chi connectivity index (χ2n) is 7.01. The van der Waals surface area contributed by atoms with Crippen LogP contribution in [0.3, 0.4) is 0 Å². The van der Waals surface area contributed by atoms with Gasteiger partial charge in [-0.25, -0.2) is 4.98 Å². The molecular weight excluding hydrogens is 352 g/mol. The Morgan fingerprint density at radius 3 is 2.50 bits per heavy atom. The van der Waals surface area contributed by atoms with E-state index < -0.39 is 0 Å². The standard InChI is InChI=1S/C22H26N4O2/c1-4-13-23-21(27)20-24-19(18-12-8-9-14-25(18)20)22(28)26(16(2)3)15-17-10-6-5-7-11-17/h5-12,14,16H,4,13,15H2,1-3H3,(H,23,27). The van der Waals surface area contributed by atoms with Crippen molar-refractivity contribution >= 4 is 17.3 Å². The molecule has 146 valence electrons. The Morgan fingerprint density at radius 2 is 1.82 bits per heavy atom. The molecule has 1 N–H and O–H groups in total. The van der Waals surface area contributed by atoms with Gasteiger partial charge in [0.2, 0.25) is 5.82 Å². The van der Waals surface area contributed by atoms with Crippen LogP contribution in [0.1, 0.15) is 53.9 Å². The summed E-state index contributed by atoms with van der Waals surface area (Å²) in [5.41, 5.74) is 1.98. The fraction of sp³-hybridized carbons (Fsp3) is 0.318. The summed E-state index contributed by atoms with van der Waals surface area (Å²) < 4.78 is 1.68. The fourth-order valence-electron chi connectivity index (χ4n) is 3.08. The highest BCUT2D eigenvalue weighted by atomic mass is 16.2. The van der Waals surface area contributed by atoms with Crippen molar-refractivity contribution < 1.29 is 9.59 Å². The normalized spacial score (nSPS) is 11.0. The number of pyridine rings is 1. The number of rotatable bonds is 7. The SMILES string of the molecule is CCCNC(=O)c1nc(C(=O)N(Cc2ccccc2)C(C)C)c2ccccn12. The van der Waals surface area contributed by atoms with Crippen molar-refractivity contribution in [2.24, 2.45) is 0 Å². The molecule has 0 aliphatic heterocycles. The summed E-state index contributed by atoms with van der Waals surface area (Å²) in [6.07, 6.45) is 2.59. The van der Waals surface area contributed by atoms with Crippen LogP contribution in [-0.4, -0.2) is 38.7 Å². The van der Waals surface area contributed by atoms with E-state index in [4.69, 9.17) is 0 Å². The average molecular weight is 378 g/mol. The minimum atomic E-state index is -0.277. The van der Waals surface area contributed by atoms with Crippen molar-refractivity contribution in [1.82, 2.24) is 19.6 Å². The minimum Gasteiger partial charge on any atom is -0.349 e. The largest absolute Gasteiger partial charge is 0.349 e. The van der Waals surface area contributed by atoms with E-state index in [2.05, 4.69) is 10.3 Å². The molecule has 0 fully saturated rings. The van der Waals surface area contributed by atoms with E-state index >= 15 is 0 Å². The van der Waals surface area contributed by atoms with Gasteiger partial charge in [0.1, 0.15) is 0 Å². The maximum Gasteiger partial charge on any atom is 0.287 e. The van der Waals surface area contributed by atoms with Gasteiger partial charge in [-0.2, -0.15) is 0 Å². The van der Waals surface area contributed by atoms with Gasteiger partial charge in [-0.05, 0) is 38.0 Å². The van der Waals surface area contributed by atoms with Crippen molar-refractivity contribution in [1.29, 1.82) is 0 Å². The van der Waals surface area contributed by atoms with Crippen molar-refractivity contribution in [2.45, 2.75) is 39.8 Å². The Kier molecular flexibility index (Phi) is 6.09. The highest BCUT2D eigenvalue weighted by molar-refractivity contribution is 6.02. The number of carbonyl (C=O) groups is 2. The third-order valence-electron chi connectivity index (χ3n) is 4.57. The Bertz CT molecular complexity index is 963. The lowest BCUT2D eigenvalue weighted by atomic mass is 10.1. The number of fused-ring (bicyclic) bond motifs is 1. The zero-order valence-electron chi connectivity index (χ0n) is 16.6. The predicted molar refractivity (Wildman–Crippen MR) is 109 cm³/mol. The lowest BCUT2D eigenvalue weighted by Crippen LogP contribution is -2.36. The third kappa shape index (κ3) is 4.06. The summed E-state index contributed by atoms with van der Waals surface area (Å²) in [7, 11) is 0. The lowest BCUT2D eigenvalue weighted by Gasteiger charge is -2.26. The average Bonchev–Trinajstić information content (AvgIpc) is 3.10. The molecular formula is C22H26N4O2. The zero-order valence-corrected chi connectivity index (χ0v) is 16.6. The monoisotopic (exact) mass is 378 g/mol. The fourth-order valence-corrected chi connectivity index (χ4v) is 3.08. The van der Waals surface area contributed by atoms with Crippen LogP contribution in [0.5, 0.6) is 0 Å². The number of hydrogen-bond donors (Lipinski definition) is 1. The Labute approximate surface area is 165 Å². The first-order valence-corrected chi connectivity index (χ1v) is 9.63. The third-order valence-corrected chi connectivity index (χ3v) is 4.57. The molecule has 3 aromatic rings. The molecule has 2 amide bonds. The topological polar surface area (TPSA) is 66.7 Å². The van der Waals surface area contributed by atoms with Crippen LogP contribution in [0.25, 0.3) is 5.52 Å². The molecule has 2 aromatic heterocycles. The highest BCUT2D eigenvalue weighted by Gasteiger charge is 2.26.